The van der Waals surface area contributed by atoms with Crippen molar-refractivity contribution in [3.63, 3.8) is 0 Å². The smallest absolute Gasteiger partial charge is 0.248 e. The molecule has 0 aliphatic carbocycles. The Morgan fingerprint density at radius 3 is 2.67 bits per heavy atom. The monoisotopic (exact) mass is 201 g/mol. The summed E-state index contributed by atoms with van der Waals surface area (Å²) < 4.78 is 5.11. The van der Waals surface area contributed by atoms with E-state index in [0.29, 0.717) is 0 Å². The van der Waals surface area contributed by atoms with Gasteiger partial charge >= 0.3 is 0 Å². The number of rotatable bonds is 2. The summed E-state index contributed by atoms with van der Waals surface area (Å²) in [6, 6.07) is 12.6. The van der Waals surface area contributed by atoms with Gasteiger partial charge in [0.05, 0.1) is 7.11 Å². The molecule has 76 valence electrons. The van der Waals surface area contributed by atoms with Crippen LogP contribution in [-0.2, 0) is 0 Å². The number of aromatic amines is 1. The first-order valence-electron chi connectivity index (χ1n) is 4.63. The number of ether oxygens (including phenoxy) is 1. The molecule has 3 heteroatoms. The largest absolute Gasteiger partial charge is 0.497 e. The normalized spacial score (nSPS) is 9.93. The summed E-state index contributed by atoms with van der Waals surface area (Å²) in [6.07, 6.45) is 0. The van der Waals surface area contributed by atoms with Gasteiger partial charge in [0.2, 0.25) is 5.56 Å². The average molecular weight is 201 g/mol. The second-order valence-corrected chi connectivity index (χ2v) is 3.16. The summed E-state index contributed by atoms with van der Waals surface area (Å²) in [6.45, 7) is 0. The highest BCUT2D eigenvalue weighted by Gasteiger charge is 1.99. The average Bonchev–Trinajstić information content (AvgIpc) is 2.29. The third-order valence-electron chi connectivity index (χ3n) is 2.15. The van der Waals surface area contributed by atoms with Gasteiger partial charge in [0, 0.05) is 17.3 Å². The molecule has 2 aromatic rings. The van der Waals surface area contributed by atoms with E-state index in [1.165, 1.54) is 6.07 Å². The summed E-state index contributed by atoms with van der Waals surface area (Å²) in [5.41, 5.74) is 1.63. The molecule has 0 radical (unpaired) electrons. The van der Waals surface area contributed by atoms with Gasteiger partial charge in [-0.05, 0) is 18.2 Å². The molecule has 1 aromatic heterocycles. The summed E-state index contributed by atoms with van der Waals surface area (Å²) in [5.74, 6) is 0.775. The fourth-order valence-corrected chi connectivity index (χ4v) is 1.41. The molecule has 0 amide bonds. The van der Waals surface area contributed by atoms with Gasteiger partial charge in [0.15, 0.2) is 0 Å². The van der Waals surface area contributed by atoms with Gasteiger partial charge in [-0.15, -0.1) is 0 Å². The van der Waals surface area contributed by atoms with Crippen LogP contribution in [0.25, 0.3) is 11.3 Å². The van der Waals surface area contributed by atoms with Crippen LogP contribution in [0.2, 0.25) is 0 Å². The van der Waals surface area contributed by atoms with Crippen molar-refractivity contribution in [2.75, 3.05) is 7.11 Å². The van der Waals surface area contributed by atoms with Gasteiger partial charge in [-0.25, -0.2) is 0 Å². The third kappa shape index (κ3) is 2.07. The van der Waals surface area contributed by atoms with Gasteiger partial charge in [0.1, 0.15) is 5.75 Å². The number of aromatic nitrogens is 1. The quantitative estimate of drug-likeness (QED) is 0.808. The molecule has 0 unspecified atom stereocenters. The Bertz CT molecular complexity index is 517. The number of H-pyrrole nitrogens is 1. The van der Waals surface area contributed by atoms with Gasteiger partial charge in [0.25, 0.3) is 0 Å². The predicted octanol–water partition coefficient (Wildman–Crippen LogP) is 2.05. The van der Waals surface area contributed by atoms with Gasteiger partial charge < -0.3 is 9.72 Å². The highest BCUT2D eigenvalue weighted by molar-refractivity contribution is 5.60. The fraction of sp³-hybridized carbons (Fsp3) is 0.0833. The van der Waals surface area contributed by atoms with Crippen molar-refractivity contribution < 1.29 is 4.74 Å². The van der Waals surface area contributed by atoms with Crippen LogP contribution in [0.4, 0.5) is 0 Å². The molecule has 2 rings (SSSR count). The topological polar surface area (TPSA) is 42.1 Å². The predicted molar refractivity (Wildman–Crippen MR) is 59.1 cm³/mol. The van der Waals surface area contributed by atoms with Crippen molar-refractivity contribution >= 4 is 0 Å². The Hall–Kier alpha value is -2.03. The SMILES string of the molecule is COc1cccc(-c2cccc(=O)[nH]2)c1. The van der Waals surface area contributed by atoms with Crippen molar-refractivity contribution in [1.29, 1.82) is 0 Å². The van der Waals surface area contributed by atoms with Crippen molar-refractivity contribution in [2.45, 2.75) is 0 Å². The van der Waals surface area contributed by atoms with Crippen LogP contribution < -0.4 is 10.3 Å². The second-order valence-electron chi connectivity index (χ2n) is 3.16. The lowest BCUT2D eigenvalue weighted by atomic mass is 10.1. The van der Waals surface area contributed by atoms with E-state index in [-0.39, 0.29) is 5.56 Å². The zero-order valence-corrected chi connectivity index (χ0v) is 8.36. The van der Waals surface area contributed by atoms with Gasteiger partial charge in [-0.2, -0.15) is 0 Å². The van der Waals surface area contributed by atoms with Crippen LogP contribution in [0.1, 0.15) is 0 Å². The zero-order valence-electron chi connectivity index (χ0n) is 8.36. The van der Waals surface area contributed by atoms with Crippen LogP contribution in [-0.4, -0.2) is 12.1 Å². The molecule has 0 atom stereocenters. The third-order valence-corrected chi connectivity index (χ3v) is 2.15. The van der Waals surface area contributed by atoms with Crippen LogP contribution >= 0.6 is 0 Å². The van der Waals surface area contributed by atoms with Crippen LogP contribution in [0.15, 0.2) is 47.3 Å². The highest BCUT2D eigenvalue weighted by Crippen LogP contribution is 2.20. The van der Waals surface area contributed by atoms with Gasteiger partial charge in [-0.1, -0.05) is 18.2 Å². The van der Waals surface area contributed by atoms with E-state index in [0.717, 1.165) is 17.0 Å². The summed E-state index contributed by atoms with van der Waals surface area (Å²) in [5, 5.41) is 0. The molecular weight excluding hydrogens is 190 g/mol. The molecule has 1 aromatic carbocycles. The van der Waals surface area contributed by atoms with E-state index < -0.39 is 0 Å². The molecule has 15 heavy (non-hydrogen) atoms. The highest BCUT2D eigenvalue weighted by atomic mass is 16.5. The number of hydrogen-bond donors (Lipinski definition) is 1. The Labute approximate surface area is 87.3 Å². The molecule has 0 bridgehead atoms. The van der Waals surface area contributed by atoms with E-state index in [4.69, 9.17) is 4.74 Å². The lowest BCUT2D eigenvalue weighted by molar-refractivity contribution is 0.415. The molecule has 0 fully saturated rings. The molecule has 0 saturated heterocycles. The first kappa shape index (κ1) is 9.52. The van der Waals surface area contributed by atoms with E-state index in [1.807, 2.05) is 30.3 Å². The summed E-state index contributed by atoms with van der Waals surface area (Å²) >= 11 is 0. The van der Waals surface area contributed by atoms with E-state index >= 15 is 0 Å². The molecule has 0 spiro atoms. The van der Waals surface area contributed by atoms with Crippen LogP contribution in [0.5, 0.6) is 5.75 Å². The van der Waals surface area contributed by atoms with E-state index in [1.54, 1.807) is 13.2 Å². The molecule has 1 heterocycles. The number of benzene rings is 1. The molecule has 0 saturated carbocycles. The Kier molecular flexibility index (Phi) is 2.54. The lowest BCUT2D eigenvalue weighted by Gasteiger charge is -2.03. The molecule has 3 nitrogen and oxygen atoms in total. The maximum absolute atomic E-state index is 11.1. The first-order valence-corrected chi connectivity index (χ1v) is 4.63. The van der Waals surface area contributed by atoms with Crippen molar-refractivity contribution in [1.82, 2.24) is 4.98 Å². The lowest BCUT2D eigenvalue weighted by Crippen LogP contribution is -2.03. The number of nitrogens with one attached hydrogen (secondary N) is 1. The Morgan fingerprint density at radius 1 is 1.13 bits per heavy atom. The van der Waals surface area contributed by atoms with Crippen LogP contribution in [0.3, 0.4) is 0 Å². The minimum Gasteiger partial charge on any atom is -0.497 e. The molecule has 0 aliphatic rings. The second kappa shape index (κ2) is 4.00. The zero-order chi connectivity index (χ0) is 10.7. The number of methoxy groups -OCH3 is 1. The Balaban J connectivity index is 2.49. The van der Waals surface area contributed by atoms with E-state index in [2.05, 4.69) is 4.98 Å². The Morgan fingerprint density at radius 2 is 1.93 bits per heavy atom. The maximum Gasteiger partial charge on any atom is 0.248 e. The molecular formula is C12H11NO2. The van der Waals surface area contributed by atoms with Crippen molar-refractivity contribution in [2.24, 2.45) is 0 Å². The van der Waals surface area contributed by atoms with Crippen molar-refractivity contribution in [3.8, 4) is 17.0 Å². The van der Waals surface area contributed by atoms with Gasteiger partial charge in [-0.3, -0.25) is 4.79 Å². The standard InChI is InChI=1S/C12H11NO2/c1-15-10-5-2-4-9(8-10)11-6-3-7-12(14)13-11/h2-8H,1H3,(H,13,14). The maximum atomic E-state index is 11.1. The molecule has 1 N–H and O–H groups in total. The fourth-order valence-electron chi connectivity index (χ4n) is 1.41. The number of pyridine rings is 1. The van der Waals surface area contributed by atoms with Crippen molar-refractivity contribution in [3.05, 3.63) is 52.8 Å². The summed E-state index contributed by atoms with van der Waals surface area (Å²) in [7, 11) is 1.62. The van der Waals surface area contributed by atoms with Crippen LogP contribution in [0, 0.1) is 0 Å². The number of hydrogen-bond acceptors (Lipinski definition) is 2. The molecule has 0 aliphatic heterocycles. The minimum atomic E-state index is -0.102. The van der Waals surface area contributed by atoms with E-state index in [9.17, 15) is 4.79 Å². The minimum absolute atomic E-state index is 0.102. The summed E-state index contributed by atoms with van der Waals surface area (Å²) in [4.78, 5) is 13.9. The first-order chi connectivity index (χ1) is 7.29.